The number of hydrogen-bond acceptors (Lipinski definition) is 9. The number of phosphoric ester groups is 1. The Balaban J connectivity index is 4.42. The summed E-state index contributed by atoms with van der Waals surface area (Å²) in [5.41, 5.74) is 0. The predicted octanol–water partition coefficient (Wildman–Crippen LogP) is 11.1. The SMILES string of the molecule is CCC/C=C/C/C=C/C/C=C/C/C=C/CCCCCC(=O)O[C@H](COC(=O)CC/C=C/CCCCCCCCCCCCC)COP(=O)(O)OC[C@@H](O)CO. The lowest BCUT2D eigenvalue weighted by Crippen LogP contribution is -2.29. The highest BCUT2D eigenvalue weighted by Gasteiger charge is 2.27. The number of hydrogen-bond donors (Lipinski definition) is 3. The van der Waals surface area contributed by atoms with Crippen molar-refractivity contribution in [2.45, 2.75) is 180 Å². The van der Waals surface area contributed by atoms with Gasteiger partial charge in [0.1, 0.15) is 12.7 Å². The van der Waals surface area contributed by atoms with Crippen molar-refractivity contribution in [3.63, 3.8) is 0 Å². The fourth-order valence-corrected chi connectivity index (χ4v) is 6.14. The summed E-state index contributed by atoms with van der Waals surface area (Å²) in [4.78, 5) is 34.9. The van der Waals surface area contributed by atoms with Gasteiger partial charge in [-0.15, -0.1) is 0 Å². The van der Waals surface area contributed by atoms with E-state index >= 15 is 0 Å². The predicted molar refractivity (Wildman–Crippen MR) is 224 cm³/mol. The van der Waals surface area contributed by atoms with E-state index in [1.807, 2.05) is 6.08 Å². The zero-order valence-corrected chi connectivity index (χ0v) is 35.3. The highest BCUT2D eigenvalue weighted by Crippen LogP contribution is 2.43. The van der Waals surface area contributed by atoms with Crippen LogP contribution >= 0.6 is 7.82 Å². The molecule has 3 N–H and O–H groups in total. The third-order valence-corrected chi connectivity index (χ3v) is 9.59. The van der Waals surface area contributed by atoms with E-state index in [4.69, 9.17) is 19.1 Å². The van der Waals surface area contributed by atoms with E-state index in [2.05, 4.69) is 73.1 Å². The molecule has 0 radical (unpaired) electrons. The van der Waals surface area contributed by atoms with E-state index in [-0.39, 0.29) is 19.4 Å². The number of allylic oxidation sites excluding steroid dienone is 10. The summed E-state index contributed by atoms with van der Waals surface area (Å²) in [6, 6.07) is 0. The molecule has 0 heterocycles. The minimum atomic E-state index is -4.63. The largest absolute Gasteiger partial charge is 0.472 e. The topological polar surface area (TPSA) is 149 Å². The van der Waals surface area contributed by atoms with E-state index in [1.54, 1.807) is 0 Å². The van der Waals surface area contributed by atoms with Crippen molar-refractivity contribution in [3.8, 4) is 0 Å². The summed E-state index contributed by atoms with van der Waals surface area (Å²) in [5, 5.41) is 18.3. The van der Waals surface area contributed by atoms with E-state index in [0.29, 0.717) is 12.8 Å². The first-order valence-electron chi connectivity index (χ1n) is 21.2. The minimum Gasteiger partial charge on any atom is -0.462 e. The van der Waals surface area contributed by atoms with Gasteiger partial charge in [-0.25, -0.2) is 4.57 Å². The monoisotopic (exact) mass is 797 g/mol. The van der Waals surface area contributed by atoms with Gasteiger partial charge in [-0.2, -0.15) is 0 Å². The zero-order valence-electron chi connectivity index (χ0n) is 34.4. The lowest BCUT2D eigenvalue weighted by atomic mass is 10.1. The second-order valence-corrected chi connectivity index (χ2v) is 15.5. The zero-order chi connectivity index (χ0) is 40.5. The molecule has 0 aliphatic heterocycles. The highest BCUT2D eigenvalue weighted by molar-refractivity contribution is 7.47. The number of carbonyl (C=O) groups excluding carboxylic acids is 2. The van der Waals surface area contributed by atoms with E-state index in [9.17, 15) is 24.2 Å². The Bertz CT molecular complexity index is 1100. The van der Waals surface area contributed by atoms with Gasteiger partial charge in [-0.05, 0) is 64.2 Å². The molecule has 0 fully saturated rings. The third-order valence-electron chi connectivity index (χ3n) is 8.64. The van der Waals surface area contributed by atoms with Gasteiger partial charge in [-0.1, -0.05) is 152 Å². The smallest absolute Gasteiger partial charge is 0.462 e. The van der Waals surface area contributed by atoms with Crippen LogP contribution in [0.4, 0.5) is 0 Å². The summed E-state index contributed by atoms with van der Waals surface area (Å²) in [6.07, 6.45) is 43.4. The summed E-state index contributed by atoms with van der Waals surface area (Å²) in [5.74, 6) is -1.02. The number of unbranched alkanes of at least 4 members (excludes halogenated alkanes) is 15. The molecule has 55 heavy (non-hydrogen) atoms. The van der Waals surface area contributed by atoms with Crippen LogP contribution < -0.4 is 0 Å². The van der Waals surface area contributed by atoms with Crippen molar-refractivity contribution < 1.29 is 47.8 Å². The van der Waals surface area contributed by atoms with Gasteiger partial charge in [0.15, 0.2) is 6.10 Å². The fraction of sp³-hybridized carbons (Fsp3) is 0.727. The molecule has 0 aromatic rings. The summed E-state index contributed by atoms with van der Waals surface area (Å²) in [6.45, 7) is 2.22. The van der Waals surface area contributed by atoms with Crippen molar-refractivity contribution in [2.24, 2.45) is 0 Å². The Morgan fingerprint density at radius 1 is 0.545 bits per heavy atom. The van der Waals surface area contributed by atoms with Crippen molar-refractivity contribution in [2.75, 3.05) is 26.4 Å². The number of ether oxygens (including phenoxy) is 2. The van der Waals surface area contributed by atoms with Crippen molar-refractivity contribution in [1.29, 1.82) is 0 Å². The van der Waals surface area contributed by atoms with Gasteiger partial charge in [0.25, 0.3) is 0 Å². The fourth-order valence-electron chi connectivity index (χ4n) is 5.35. The second kappa shape index (κ2) is 39.9. The van der Waals surface area contributed by atoms with Crippen molar-refractivity contribution in [1.82, 2.24) is 0 Å². The van der Waals surface area contributed by atoms with E-state index in [1.165, 1.54) is 70.6 Å². The first-order chi connectivity index (χ1) is 26.7. The lowest BCUT2D eigenvalue weighted by molar-refractivity contribution is -0.161. The number of phosphoric acid groups is 1. The molecular formula is C44H77O10P. The molecule has 0 aromatic heterocycles. The number of aliphatic hydroxyl groups excluding tert-OH is 2. The van der Waals surface area contributed by atoms with Crippen LogP contribution in [-0.2, 0) is 32.7 Å². The Labute approximate surface area is 334 Å². The van der Waals surface area contributed by atoms with Crippen LogP contribution in [0.5, 0.6) is 0 Å². The van der Waals surface area contributed by atoms with Crippen LogP contribution in [0.3, 0.4) is 0 Å². The Kier molecular flexibility index (Phi) is 38.2. The summed E-state index contributed by atoms with van der Waals surface area (Å²) in [7, 11) is -4.63. The molecule has 0 saturated heterocycles. The van der Waals surface area contributed by atoms with Crippen LogP contribution in [0.1, 0.15) is 168 Å². The summed E-state index contributed by atoms with van der Waals surface area (Å²) >= 11 is 0. The van der Waals surface area contributed by atoms with Crippen LogP contribution in [0, 0.1) is 0 Å². The molecule has 1 unspecified atom stereocenters. The molecule has 3 atom stereocenters. The highest BCUT2D eigenvalue weighted by atomic mass is 31.2. The average molecular weight is 797 g/mol. The Morgan fingerprint density at radius 2 is 1.02 bits per heavy atom. The normalized spacial score (nSPS) is 14.5. The standard InChI is InChI=1S/C44H77O10P/c1-3-5-7-9-11-13-15-17-19-20-22-24-26-28-30-32-34-36-44(48)54-42(40-53-55(49,50)52-38-41(46)37-45)39-51-43(47)35-33-31-29-27-25-23-21-18-16-14-12-10-8-6-4-2/h7,9,13,15,19-20,24,26,29,31,41-42,45-46H,3-6,8,10-12,14,16-18,21-23,25,27-28,30,32-40H2,1-2H3,(H,49,50)/b9-7+,15-13+,20-19+,26-24+,31-29+/t41-,42+/m0/s1. The maximum absolute atomic E-state index is 12.6. The molecule has 10 nitrogen and oxygen atoms in total. The molecule has 0 rings (SSSR count). The number of esters is 2. The van der Waals surface area contributed by atoms with Crippen LogP contribution in [0.15, 0.2) is 60.8 Å². The van der Waals surface area contributed by atoms with Crippen LogP contribution in [0.2, 0.25) is 0 Å². The van der Waals surface area contributed by atoms with Gasteiger partial charge in [0.05, 0.1) is 19.8 Å². The second-order valence-electron chi connectivity index (χ2n) is 14.0. The maximum atomic E-state index is 12.6. The van der Waals surface area contributed by atoms with Crippen LogP contribution in [0.25, 0.3) is 0 Å². The molecule has 0 spiro atoms. The molecule has 11 heteroatoms. The number of aliphatic hydroxyl groups is 2. The number of rotatable bonds is 39. The molecule has 0 aliphatic rings. The van der Waals surface area contributed by atoms with E-state index in [0.717, 1.165) is 57.8 Å². The van der Waals surface area contributed by atoms with E-state index < -0.39 is 51.8 Å². The van der Waals surface area contributed by atoms with Gasteiger partial charge in [0, 0.05) is 12.8 Å². The molecule has 0 aliphatic carbocycles. The molecule has 0 aromatic carbocycles. The first-order valence-corrected chi connectivity index (χ1v) is 22.7. The number of carbonyl (C=O) groups is 2. The minimum absolute atomic E-state index is 0.138. The maximum Gasteiger partial charge on any atom is 0.472 e. The van der Waals surface area contributed by atoms with Crippen molar-refractivity contribution >= 4 is 19.8 Å². The molecule has 0 bridgehead atoms. The summed E-state index contributed by atoms with van der Waals surface area (Å²) < 4.78 is 32.6. The van der Waals surface area contributed by atoms with Crippen LogP contribution in [-0.4, -0.2) is 65.7 Å². The first kappa shape index (κ1) is 52.7. The Hall–Kier alpha value is -2.33. The lowest BCUT2D eigenvalue weighted by Gasteiger charge is -2.20. The van der Waals surface area contributed by atoms with Gasteiger partial charge in [0.2, 0.25) is 0 Å². The molecule has 0 amide bonds. The van der Waals surface area contributed by atoms with Gasteiger partial charge >= 0.3 is 19.8 Å². The average Bonchev–Trinajstić information content (AvgIpc) is 3.17. The van der Waals surface area contributed by atoms with Crippen molar-refractivity contribution in [3.05, 3.63) is 60.8 Å². The molecular weight excluding hydrogens is 719 g/mol. The van der Waals surface area contributed by atoms with Gasteiger partial charge < -0.3 is 24.6 Å². The molecule has 318 valence electrons. The third kappa shape index (κ3) is 39.7. The van der Waals surface area contributed by atoms with Gasteiger partial charge in [-0.3, -0.25) is 18.6 Å². The Morgan fingerprint density at radius 3 is 1.58 bits per heavy atom. The quantitative estimate of drug-likeness (QED) is 0.0237. The molecule has 0 saturated carbocycles.